The molecule has 1 aliphatic heterocycles. The molecule has 4 heteroatoms. The summed E-state index contributed by atoms with van der Waals surface area (Å²) in [6.07, 6.45) is 1.05. The third-order valence-electron chi connectivity index (χ3n) is 3.55. The molecule has 3 rings (SSSR count). The Labute approximate surface area is 116 Å². The van der Waals surface area contributed by atoms with Gasteiger partial charge in [-0.2, -0.15) is 0 Å². The van der Waals surface area contributed by atoms with Crippen molar-refractivity contribution in [2.45, 2.75) is 12.8 Å². The molecule has 0 saturated carbocycles. The van der Waals surface area contributed by atoms with E-state index in [9.17, 15) is 9.18 Å². The maximum atomic E-state index is 13.3. The van der Waals surface area contributed by atoms with Gasteiger partial charge in [0.15, 0.2) is 0 Å². The van der Waals surface area contributed by atoms with Gasteiger partial charge in [0.1, 0.15) is 5.82 Å². The van der Waals surface area contributed by atoms with Crippen molar-refractivity contribution in [2.24, 2.45) is 0 Å². The van der Waals surface area contributed by atoms with E-state index in [1.807, 2.05) is 12.1 Å². The third-order valence-corrected chi connectivity index (χ3v) is 3.55. The average Bonchev–Trinajstić information content (AvgIpc) is 2.81. The summed E-state index contributed by atoms with van der Waals surface area (Å²) in [5.41, 5.74) is 8.94. The molecule has 1 aliphatic rings. The molecule has 2 N–H and O–H groups in total. The Morgan fingerprint density at radius 2 is 2.10 bits per heavy atom. The first-order valence-electron chi connectivity index (χ1n) is 6.57. The maximum absolute atomic E-state index is 13.3. The number of amides is 1. The van der Waals surface area contributed by atoms with Crippen LogP contribution in [0.5, 0.6) is 0 Å². The molecular formula is C16H15FN2O. The number of nitrogen functional groups attached to an aromatic ring is 1. The normalized spacial score (nSPS) is 13.3. The van der Waals surface area contributed by atoms with Crippen LogP contribution in [0.3, 0.4) is 0 Å². The Balaban J connectivity index is 1.82. The summed E-state index contributed by atoms with van der Waals surface area (Å²) in [4.78, 5) is 14.0. The molecule has 3 nitrogen and oxygen atoms in total. The molecule has 1 amide bonds. The van der Waals surface area contributed by atoms with Gasteiger partial charge in [-0.1, -0.05) is 18.2 Å². The second kappa shape index (κ2) is 4.96. The lowest BCUT2D eigenvalue weighted by molar-refractivity contribution is -0.117. The van der Waals surface area contributed by atoms with Gasteiger partial charge in [0.25, 0.3) is 0 Å². The lowest BCUT2D eigenvalue weighted by atomic mass is 10.1. The zero-order valence-corrected chi connectivity index (χ0v) is 11.0. The third kappa shape index (κ3) is 2.37. The monoisotopic (exact) mass is 270 g/mol. The minimum atomic E-state index is -0.313. The van der Waals surface area contributed by atoms with Gasteiger partial charge in [-0.25, -0.2) is 4.39 Å². The lowest BCUT2D eigenvalue weighted by Crippen LogP contribution is -2.30. The highest BCUT2D eigenvalue weighted by Crippen LogP contribution is 2.29. The molecule has 0 atom stereocenters. The number of nitrogens with two attached hydrogens (primary N) is 1. The summed E-state index contributed by atoms with van der Waals surface area (Å²) >= 11 is 0. The molecule has 0 fully saturated rings. The van der Waals surface area contributed by atoms with Crippen LogP contribution in [0, 0.1) is 5.82 Å². The summed E-state index contributed by atoms with van der Waals surface area (Å²) in [6.45, 7) is 0.611. The molecule has 0 spiro atoms. The van der Waals surface area contributed by atoms with Gasteiger partial charge in [-0.3, -0.25) is 4.79 Å². The largest absolute Gasteiger partial charge is 0.399 e. The smallest absolute Gasteiger partial charge is 0.231 e. The maximum Gasteiger partial charge on any atom is 0.231 e. The quantitative estimate of drug-likeness (QED) is 0.852. The van der Waals surface area contributed by atoms with E-state index in [0.717, 1.165) is 17.5 Å². The van der Waals surface area contributed by atoms with Crippen LogP contribution < -0.4 is 10.6 Å². The van der Waals surface area contributed by atoms with E-state index < -0.39 is 0 Å². The van der Waals surface area contributed by atoms with Gasteiger partial charge in [0, 0.05) is 17.9 Å². The number of anilines is 2. The van der Waals surface area contributed by atoms with E-state index in [1.54, 1.807) is 23.1 Å². The van der Waals surface area contributed by atoms with Crippen LogP contribution in [-0.2, 0) is 17.6 Å². The fourth-order valence-electron chi connectivity index (χ4n) is 2.58. The van der Waals surface area contributed by atoms with E-state index in [0.29, 0.717) is 17.9 Å². The van der Waals surface area contributed by atoms with E-state index >= 15 is 0 Å². The molecular weight excluding hydrogens is 255 g/mol. The van der Waals surface area contributed by atoms with Crippen molar-refractivity contribution in [2.75, 3.05) is 17.2 Å². The lowest BCUT2D eigenvalue weighted by Gasteiger charge is -2.17. The molecule has 0 bridgehead atoms. The van der Waals surface area contributed by atoms with Gasteiger partial charge in [-0.05, 0) is 41.8 Å². The summed E-state index contributed by atoms with van der Waals surface area (Å²) in [5.74, 6) is -0.340. The van der Waals surface area contributed by atoms with Gasteiger partial charge < -0.3 is 10.6 Å². The fraction of sp³-hybridized carbons (Fsp3) is 0.188. The van der Waals surface area contributed by atoms with Crippen molar-refractivity contribution in [3.63, 3.8) is 0 Å². The molecule has 0 saturated heterocycles. The first-order valence-corrected chi connectivity index (χ1v) is 6.57. The fourth-order valence-corrected chi connectivity index (χ4v) is 2.58. The highest BCUT2D eigenvalue weighted by molar-refractivity contribution is 5.96. The van der Waals surface area contributed by atoms with Gasteiger partial charge in [0.05, 0.1) is 6.42 Å². The van der Waals surface area contributed by atoms with Crippen LogP contribution in [0.1, 0.15) is 11.1 Å². The summed E-state index contributed by atoms with van der Waals surface area (Å²) in [7, 11) is 0. The van der Waals surface area contributed by atoms with Crippen LogP contribution in [0.15, 0.2) is 42.5 Å². The van der Waals surface area contributed by atoms with Crippen molar-refractivity contribution < 1.29 is 9.18 Å². The highest BCUT2D eigenvalue weighted by Gasteiger charge is 2.24. The number of halogens is 1. The molecule has 2 aromatic carbocycles. The van der Waals surface area contributed by atoms with Crippen molar-refractivity contribution in [1.82, 2.24) is 0 Å². The van der Waals surface area contributed by atoms with Crippen molar-refractivity contribution in [3.05, 3.63) is 59.4 Å². The molecule has 1 heterocycles. The number of hydrogen-bond donors (Lipinski definition) is 1. The minimum Gasteiger partial charge on any atom is -0.399 e. The number of rotatable bonds is 2. The Morgan fingerprint density at radius 1 is 1.25 bits per heavy atom. The van der Waals surface area contributed by atoms with Gasteiger partial charge >= 0.3 is 0 Å². The topological polar surface area (TPSA) is 46.3 Å². The summed E-state index contributed by atoms with van der Waals surface area (Å²) < 4.78 is 13.3. The van der Waals surface area contributed by atoms with Crippen LogP contribution in [0.2, 0.25) is 0 Å². The van der Waals surface area contributed by atoms with Gasteiger partial charge in [-0.15, -0.1) is 0 Å². The molecule has 2 aromatic rings. The molecule has 0 aliphatic carbocycles. The van der Waals surface area contributed by atoms with Gasteiger partial charge in [0.2, 0.25) is 5.91 Å². The average molecular weight is 270 g/mol. The van der Waals surface area contributed by atoms with E-state index in [2.05, 4.69) is 0 Å². The Kier molecular flexibility index (Phi) is 3.14. The number of nitrogens with zero attached hydrogens (tertiary/aromatic N) is 1. The van der Waals surface area contributed by atoms with Crippen molar-refractivity contribution in [3.8, 4) is 0 Å². The Hall–Kier alpha value is -2.36. The first-order chi connectivity index (χ1) is 9.63. The summed E-state index contributed by atoms with van der Waals surface area (Å²) in [6, 6.07) is 11.9. The molecule has 0 aromatic heterocycles. The highest BCUT2D eigenvalue weighted by atomic mass is 19.1. The van der Waals surface area contributed by atoms with Crippen molar-refractivity contribution in [1.29, 1.82) is 0 Å². The summed E-state index contributed by atoms with van der Waals surface area (Å²) in [5, 5.41) is 0. The standard InChI is InChI=1S/C16H15FN2O/c17-13-5-4-12-6-7-19(15(12)10-13)16(20)9-11-2-1-3-14(18)8-11/h1-5,8,10H,6-7,9,18H2. The van der Waals surface area contributed by atoms with Crippen molar-refractivity contribution >= 4 is 17.3 Å². The Morgan fingerprint density at radius 3 is 2.90 bits per heavy atom. The van der Waals surface area contributed by atoms with E-state index in [1.165, 1.54) is 12.1 Å². The van der Waals surface area contributed by atoms with Crippen LogP contribution >= 0.6 is 0 Å². The molecule has 0 radical (unpaired) electrons. The first kappa shape index (κ1) is 12.7. The van der Waals surface area contributed by atoms with Crippen LogP contribution in [0.4, 0.5) is 15.8 Å². The number of carbonyl (C=O) groups is 1. The van der Waals surface area contributed by atoms with E-state index in [-0.39, 0.29) is 18.1 Å². The second-order valence-electron chi connectivity index (χ2n) is 4.99. The predicted octanol–water partition coefficient (Wildman–Crippen LogP) is 2.54. The SMILES string of the molecule is Nc1cccc(CC(=O)N2CCc3ccc(F)cc32)c1. The predicted molar refractivity (Wildman–Crippen MR) is 77.0 cm³/mol. The number of fused-ring (bicyclic) bond motifs is 1. The van der Waals surface area contributed by atoms with Crippen LogP contribution in [0.25, 0.3) is 0 Å². The molecule has 0 unspecified atom stereocenters. The zero-order chi connectivity index (χ0) is 14.1. The van der Waals surface area contributed by atoms with Crippen LogP contribution in [-0.4, -0.2) is 12.5 Å². The second-order valence-corrected chi connectivity index (χ2v) is 4.99. The molecule has 20 heavy (non-hydrogen) atoms. The molecule has 102 valence electrons. The number of benzene rings is 2. The van der Waals surface area contributed by atoms with E-state index in [4.69, 9.17) is 5.73 Å². The zero-order valence-electron chi connectivity index (χ0n) is 11.0. The minimum absolute atomic E-state index is 0.0278. The number of hydrogen-bond acceptors (Lipinski definition) is 2. The number of carbonyl (C=O) groups excluding carboxylic acids is 1. The Bertz CT molecular complexity index is 669.